The highest BCUT2D eigenvalue weighted by molar-refractivity contribution is 6.00. The van der Waals surface area contributed by atoms with E-state index >= 15 is 0 Å². The van der Waals surface area contributed by atoms with E-state index in [0.29, 0.717) is 17.3 Å². The monoisotopic (exact) mass is 458 g/mol. The molecule has 0 aromatic heterocycles. The van der Waals surface area contributed by atoms with Crippen molar-refractivity contribution < 1.29 is 4.79 Å². The van der Waals surface area contributed by atoms with Gasteiger partial charge in [0.1, 0.15) is 6.54 Å². The lowest BCUT2D eigenvalue weighted by atomic mass is 9.69. The topological polar surface area (TPSA) is 41.5 Å². The van der Waals surface area contributed by atoms with E-state index in [-0.39, 0.29) is 29.3 Å². The second kappa shape index (κ2) is 8.81. The number of carbonyl (C=O) groups excluding carboxylic acids is 1. The van der Waals surface area contributed by atoms with Crippen LogP contribution in [-0.2, 0) is 10.2 Å². The van der Waals surface area contributed by atoms with Gasteiger partial charge in [0.2, 0.25) is 5.91 Å². The molecule has 3 fully saturated rings. The number of fused-ring (bicyclic) bond motifs is 2. The van der Waals surface area contributed by atoms with Crippen molar-refractivity contribution in [2.45, 2.75) is 84.1 Å². The van der Waals surface area contributed by atoms with Crippen LogP contribution in [-0.4, -0.2) is 24.2 Å². The fourth-order valence-electron chi connectivity index (χ4n) is 7.61. The molecule has 2 unspecified atom stereocenters. The third kappa shape index (κ3) is 3.80. The van der Waals surface area contributed by atoms with Crippen molar-refractivity contribution in [1.82, 2.24) is 5.32 Å². The van der Waals surface area contributed by atoms with E-state index in [9.17, 15) is 4.79 Å². The van der Waals surface area contributed by atoms with Gasteiger partial charge in [-0.3, -0.25) is 9.79 Å². The number of hydrogen-bond acceptors (Lipinski definition) is 2. The summed E-state index contributed by atoms with van der Waals surface area (Å²) in [6, 6.07) is 11.2. The van der Waals surface area contributed by atoms with Crippen LogP contribution in [0.3, 0.4) is 0 Å². The van der Waals surface area contributed by atoms with Crippen LogP contribution in [0, 0.1) is 28.6 Å². The number of nitrogens with zero attached hydrogens (tertiary/aromatic N) is 1. The number of allylic oxidation sites excluding steroid dienone is 4. The minimum atomic E-state index is 0.0115. The molecule has 4 aliphatic rings. The van der Waals surface area contributed by atoms with Crippen LogP contribution in [0.25, 0.3) is 0 Å². The van der Waals surface area contributed by atoms with Gasteiger partial charge in [0.05, 0.1) is 0 Å². The quantitative estimate of drug-likeness (QED) is 0.435. The molecule has 5 atom stereocenters. The zero-order valence-corrected chi connectivity index (χ0v) is 21.5. The number of nitrogens with one attached hydrogen (secondary N) is 1. The van der Waals surface area contributed by atoms with Crippen LogP contribution in [0.4, 0.5) is 0 Å². The Labute approximate surface area is 206 Å². The molecule has 0 aliphatic heterocycles. The molecular formula is C31H42N2O. The van der Waals surface area contributed by atoms with Gasteiger partial charge in [-0.05, 0) is 73.2 Å². The zero-order valence-electron chi connectivity index (χ0n) is 21.5. The predicted octanol–water partition coefficient (Wildman–Crippen LogP) is 6.65. The Morgan fingerprint density at radius 3 is 2.44 bits per heavy atom. The Hall–Kier alpha value is -2.16. The summed E-state index contributed by atoms with van der Waals surface area (Å²) >= 11 is 0. The minimum absolute atomic E-state index is 0.0115. The number of benzene rings is 1. The first-order valence-electron chi connectivity index (χ1n) is 13.5. The van der Waals surface area contributed by atoms with Crippen molar-refractivity contribution >= 4 is 11.6 Å². The number of amides is 1. The largest absolute Gasteiger partial charge is 0.351 e. The van der Waals surface area contributed by atoms with Gasteiger partial charge in [0.15, 0.2) is 0 Å². The van der Waals surface area contributed by atoms with E-state index in [1.807, 2.05) is 0 Å². The summed E-state index contributed by atoms with van der Waals surface area (Å²) in [5, 5.41) is 3.44. The highest BCUT2D eigenvalue weighted by atomic mass is 16.1. The molecule has 0 heterocycles. The lowest BCUT2D eigenvalue weighted by Crippen LogP contribution is -2.47. The smallest absolute Gasteiger partial charge is 0.241 e. The Bertz CT molecular complexity index is 1000. The van der Waals surface area contributed by atoms with Gasteiger partial charge >= 0.3 is 0 Å². The van der Waals surface area contributed by atoms with Crippen LogP contribution in [0.2, 0.25) is 0 Å². The Balaban J connectivity index is 1.38. The molecule has 0 saturated heterocycles. The number of hydrogen-bond donors (Lipinski definition) is 1. The molecule has 3 saturated carbocycles. The highest BCUT2D eigenvalue weighted by Crippen LogP contribution is 2.65. The molecule has 182 valence electrons. The summed E-state index contributed by atoms with van der Waals surface area (Å²) in [7, 11) is 0. The van der Waals surface area contributed by atoms with Gasteiger partial charge in [-0.1, -0.05) is 82.3 Å². The van der Waals surface area contributed by atoms with E-state index in [0.717, 1.165) is 38.0 Å². The van der Waals surface area contributed by atoms with Crippen LogP contribution >= 0.6 is 0 Å². The van der Waals surface area contributed by atoms with Crippen molar-refractivity contribution in [3.8, 4) is 0 Å². The van der Waals surface area contributed by atoms with Crippen LogP contribution in [0.5, 0.6) is 0 Å². The fourth-order valence-corrected chi connectivity index (χ4v) is 7.61. The van der Waals surface area contributed by atoms with Gasteiger partial charge in [-0.15, -0.1) is 0 Å². The maximum atomic E-state index is 13.3. The summed E-state index contributed by atoms with van der Waals surface area (Å²) in [4.78, 5) is 18.5. The molecule has 4 aliphatic carbocycles. The van der Waals surface area contributed by atoms with Gasteiger partial charge in [-0.2, -0.15) is 0 Å². The lowest BCUT2D eigenvalue weighted by molar-refractivity contribution is -0.121. The minimum Gasteiger partial charge on any atom is -0.351 e. The summed E-state index contributed by atoms with van der Waals surface area (Å²) in [5.74, 6) is 1.66. The third-order valence-electron chi connectivity index (χ3n) is 10.4. The van der Waals surface area contributed by atoms with Crippen molar-refractivity contribution in [1.29, 1.82) is 0 Å². The van der Waals surface area contributed by atoms with Gasteiger partial charge in [0.25, 0.3) is 0 Å². The zero-order chi connectivity index (χ0) is 24.0. The predicted molar refractivity (Wildman–Crippen MR) is 141 cm³/mol. The average Bonchev–Trinajstić information content (AvgIpc) is 3.59. The second-order valence-corrected chi connectivity index (χ2v) is 12.1. The van der Waals surface area contributed by atoms with Crippen molar-refractivity contribution in [2.24, 2.45) is 33.6 Å². The normalized spacial score (nSPS) is 33.6. The van der Waals surface area contributed by atoms with Crippen molar-refractivity contribution in [3.05, 3.63) is 60.2 Å². The molecule has 2 bridgehead atoms. The number of rotatable bonds is 8. The molecule has 0 radical (unpaired) electrons. The summed E-state index contributed by atoms with van der Waals surface area (Å²) < 4.78 is 0. The van der Waals surface area contributed by atoms with Crippen molar-refractivity contribution in [3.63, 3.8) is 0 Å². The van der Waals surface area contributed by atoms with Gasteiger partial charge in [0, 0.05) is 23.1 Å². The lowest BCUT2D eigenvalue weighted by Gasteiger charge is -2.39. The molecule has 3 heteroatoms. The van der Waals surface area contributed by atoms with Crippen LogP contribution < -0.4 is 5.32 Å². The van der Waals surface area contributed by atoms with E-state index < -0.39 is 0 Å². The van der Waals surface area contributed by atoms with Crippen LogP contribution in [0.15, 0.2) is 59.6 Å². The summed E-state index contributed by atoms with van der Waals surface area (Å²) in [6.07, 6.45) is 17.0. The molecule has 5 rings (SSSR count). The molecule has 34 heavy (non-hydrogen) atoms. The second-order valence-electron chi connectivity index (χ2n) is 12.1. The van der Waals surface area contributed by atoms with E-state index in [1.165, 1.54) is 24.1 Å². The van der Waals surface area contributed by atoms with E-state index in [2.05, 4.69) is 87.6 Å². The fraction of sp³-hybridized carbons (Fsp3) is 0.613. The molecule has 0 spiro atoms. The average molecular weight is 459 g/mol. The molecule has 1 aromatic carbocycles. The SMILES string of the molecule is CCC(C(=NCC(=O)N[C@@H]1C[C@H]2CC[C@]1(C)C2(C)C)C1(c2ccccc2)CC1)C1C=CC=CC1. The molecule has 1 amide bonds. The Kier molecular flexibility index (Phi) is 6.11. The highest BCUT2D eigenvalue weighted by Gasteiger charge is 2.61. The number of aliphatic imine (C=N–C) groups is 1. The Morgan fingerprint density at radius 1 is 1.12 bits per heavy atom. The van der Waals surface area contributed by atoms with Gasteiger partial charge < -0.3 is 5.32 Å². The maximum Gasteiger partial charge on any atom is 0.241 e. The first-order valence-corrected chi connectivity index (χ1v) is 13.5. The standard InChI is InChI=1S/C31H42N2O/c1-5-25(22-12-8-6-9-13-22)28(31(18-19-31)23-14-10-7-11-15-23)32-21-27(34)33-26-20-24-16-17-30(26,4)29(24,2)3/h6-12,14-15,22,24-26H,5,13,16-21H2,1-4H3,(H,33,34)/t22?,24-,25?,26-,30+/m1/s1. The number of carbonyl (C=O) groups is 1. The molecule has 1 aromatic rings. The van der Waals surface area contributed by atoms with E-state index in [4.69, 9.17) is 4.99 Å². The first-order chi connectivity index (χ1) is 16.3. The van der Waals surface area contributed by atoms with Crippen LogP contribution in [0.1, 0.15) is 78.2 Å². The van der Waals surface area contributed by atoms with Gasteiger partial charge in [-0.25, -0.2) is 0 Å². The summed E-state index contributed by atoms with van der Waals surface area (Å²) in [5.41, 5.74) is 3.15. The molecular weight excluding hydrogens is 416 g/mol. The molecule has 3 nitrogen and oxygen atoms in total. The summed E-state index contributed by atoms with van der Waals surface area (Å²) in [6.45, 7) is 9.74. The third-order valence-corrected chi connectivity index (χ3v) is 10.4. The molecule has 1 N–H and O–H groups in total. The van der Waals surface area contributed by atoms with Crippen molar-refractivity contribution in [2.75, 3.05) is 6.54 Å². The first kappa shape index (κ1) is 23.6. The Morgan fingerprint density at radius 2 is 1.88 bits per heavy atom. The van der Waals surface area contributed by atoms with E-state index in [1.54, 1.807) is 0 Å². The maximum absolute atomic E-state index is 13.3.